The lowest BCUT2D eigenvalue weighted by Crippen LogP contribution is -2.28. The van der Waals surface area contributed by atoms with Gasteiger partial charge in [-0.2, -0.15) is 0 Å². The van der Waals surface area contributed by atoms with Crippen molar-refractivity contribution in [2.24, 2.45) is 5.92 Å². The molecule has 0 radical (unpaired) electrons. The molecule has 1 fully saturated rings. The molecule has 1 saturated heterocycles. The van der Waals surface area contributed by atoms with Gasteiger partial charge in [0.25, 0.3) is 0 Å². The van der Waals surface area contributed by atoms with E-state index in [-0.39, 0.29) is 24.0 Å². The summed E-state index contributed by atoms with van der Waals surface area (Å²) in [7, 11) is 0. The average Bonchev–Trinajstić information content (AvgIpc) is 3.12. The maximum absolute atomic E-state index is 12.7. The molecule has 6 nitrogen and oxygen atoms in total. The van der Waals surface area contributed by atoms with Gasteiger partial charge in [-0.15, -0.1) is 0 Å². The Bertz CT molecular complexity index is 904. The van der Waals surface area contributed by atoms with Gasteiger partial charge in [0.2, 0.25) is 11.8 Å². The van der Waals surface area contributed by atoms with Crippen LogP contribution >= 0.6 is 0 Å². The van der Waals surface area contributed by atoms with E-state index in [2.05, 4.69) is 24.1 Å². The first-order valence-corrected chi connectivity index (χ1v) is 10.00. The summed E-state index contributed by atoms with van der Waals surface area (Å²) in [5, 5.41) is 2.92. The molecular weight excluding hydrogens is 366 g/mol. The van der Waals surface area contributed by atoms with E-state index in [9.17, 15) is 14.4 Å². The molecule has 3 rings (SSSR count). The summed E-state index contributed by atoms with van der Waals surface area (Å²) >= 11 is 0. The normalized spacial score (nSPS) is 16.0. The summed E-state index contributed by atoms with van der Waals surface area (Å²) in [4.78, 5) is 40.6. The van der Waals surface area contributed by atoms with Crippen molar-refractivity contribution < 1.29 is 14.4 Å². The smallest absolute Gasteiger partial charge is 0.229 e. The number of ketones is 1. The van der Waals surface area contributed by atoms with Crippen molar-refractivity contribution in [2.45, 2.75) is 27.2 Å². The Morgan fingerprint density at radius 3 is 2.41 bits per heavy atom. The molecule has 1 atom stereocenters. The lowest BCUT2D eigenvalue weighted by atomic mass is 10.1. The molecule has 0 aliphatic carbocycles. The summed E-state index contributed by atoms with van der Waals surface area (Å²) in [6.45, 7) is 7.86. The van der Waals surface area contributed by atoms with Crippen molar-refractivity contribution in [3.8, 4) is 0 Å². The zero-order valence-corrected chi connectivity index (χ0v) is 17.1. The monoisotopic (exact) mass is 393 g/mol. The third-order valence-electron chi connectivity index (χ3n) is 5.32. The predicted molar refractivity (Wildman–Crippen MR) is 116 cm³/mol. The van der Waals surface area contributed by atoms with Crippen molar-refractivity contribution in [3.05, 3.63) is 54.1 Å². The Morgan fingerprint density at radius 1 is 1.10 bits per heavy atom. The van der Waals surface area contributed by atoms with E-state index in [0.29, 0.717) is 17.8 Å². The van der Waals surface area contributed by atoms with Gasteiger partial charge in [0, 0.05) is 48.7 Å². The van der Waals surface area contributed by atoms with Crippen molar-refractivity contribution in [2.75, 3.05) is 34.8 Å². The molecule has 29 heavy (non-hydrogen) atoms. The van der Waals surface area contributed by atoms with Crippen LogP contribution in [0.15, 0.2) is 48.5 Å². The van der Waals surface area contributed by atoms with E-state index in [0.717, 1.165) is 24.5 Å². The van der Waals surface area contributed by atoms with Gasteiger partial charge in [-0.1, -0.05) is 12.1 Å². The molecular formula is C23H27N3O3. The molecule has 1 N–H and O–H groups in total. The molecule has 152 valence electrons. The fraction of sp³-hybridized carbons (Fsp3) is 0.348. The number of hydrogen-bond donors (Lipinski definition) is 1. The number of nitrogens with one attached hydrogen (secondary N) is 1. The van der Waals surface area contributed by atoms with Gasteiger partial charge in [0.15, 0.2) is 5.78 Å². The first-order valence-electron chi connectivity index (χ1n) is 10.00. The van der Waals surface area contributed by atoms with E-state index >= 15 is 0 Å². The second kappa shape index (κ2) is 8.90. The van der Waals surface area contributed by atoms with Gasteiger partial charge >= 0.3 is 0 Å². The van der Waals surface area contributed by atoms with Gasteiger partial charge in [-0.3, -0.25) is 14.4 Å². The molecule has 0 aromatic heterocycles. The molecule has 1 unspecified atom stereocenters. The van der Waals surface area contributed by atoms with E-state index in [1.807, 2.05) is 24.3 Å². The number of benzene rings is 2. The third-order valence-corrected chi connectivity index (χ3v) is 5.32. The number of Topliss-reactive ketones (excluding diaryl/α,β-unsaturated/α-hetero) is 1. The fourth-order valence-corrected chi connectivity index (χ4v) is 3.61. The van der Waals surface area contributed by atoms with Gasteiger partial charge in [-0.25, -0.2) is 0 Å². The van der Waals surface area contributed by atoms with Crippen LogP contribution in [0.25, 0.3) is 0 Å². The van der Waals surface area contributed by atoms with Crippen LogP contribution < -0.4 is 15.1 Å². The molecule has 0 saturated carbocycles. The molecule has 1 aliphatic rings. The highest BCUT2D eigenvalue weighted by atomic mass is 16.2. The molecule has 1 aliphatic heterocycles. The van der Waals surface area contributed by atoms with E-state index < -0.39 is 5.92 Å². The minimum atomic E-state index is -0.425. The maximum atomic E-state index is 12.7. The summed E-state index contributed by atoms with van der Waals surface area (Å²) in [5.41, 5.74) is 3.04. The highest BCUT2D eigenvalue weighted by Gasteiger charge is 2.35. The lowest BCUT2D eigenvalue weighted by molar-refractivity contribution is -0.122. The van der Waals surface area contributed by atoms with Gasteiger partial charge in [-0.05, 0) is 57.2 Å². The van der Waals surface area contributed by atoms with Gasteiger partial charge < -0.3 is 15.1 Å². The summed E-state index contributed by atoms with van der Waals surface area (Å²) in [6, 6.07) is 14.7. The second-order valence-corrected chi connectivity index (χ2v) is 7.22. The Morgan fingerprint density at radius 2 is 1.79 bits per heavy atom. The number of amides is 2. The minimum Gasteiger partial charge on any atom is -0.372 e. The first kappa shape index (κ1) is 20.6. The fourth-order valence-electron chi connectivity index (χ4n) is 3.61. The first-order chi connectivity index (χ1) is 13.9. The molecule has 2 aromatic rings. The SMILES string of the molecule is CCN(CC)c1ccc(NC(=O)C2CC(=O)N(c3cccc(C(C)=O)c3)C2)cc1. The average molecular weight is 393 g/mol. The third kappa shape index (κ3) is 4.65. The largest absolute Gasteiger partial charge is 0.372 e. The highest BCUT2D eigenvalue weighted by molar-refractivity contribution is 6.04. The zero-order valence-electron chi connectivity index (χ0n) is 17.1. The Labute approximate surface area is 171 Å². The summed E-state index contributed by atoms with van der Waals surface area (Å²) < 4.78 is 0. The molecule has 0 bridgehead atoms. The lowest BCUT2D eigenvalue weighted by Gasteiger charge is -2.21. The number of hydrogen-bond acceptors (Lipinski definition) is 4. The van der Waals surface area contributed by atoms with E-state index in [4.69, 9.17) is 0 Å². The van der Waals surface area contributed by atoms with Crippen LogP contribution in [0.2, 0.25) is 0 Å². The van der Waals surface area contributed by atoms with Crippen LogP contribution in [0, 0.1) is 5.92 Å². The van der Waals surface area contributed by atoms with E-state index in [1.54, 1.807) is 29.2 Å². The summed E-state index contributed by atoms with van der Waals surface area (Å²) in [6.07, 6.45) is 0.160. The van der Waals surface area contributed by atoms with Crippen molar-refractivity contribution in [3.63, 3.8) is 0 Å². The molecule has 1 heterocycles. The van der Waals surface area contributed by atoms with Gasteiger partial charge in [0.1, 0.15) is 0 Å². The minimum absolute atomic E-state index is 0.0547. The molecule has 2 amide bonds. The summed E-state index contributed by atoms with van der Waals surface area (Å²) in [5.74, 6) is -0.756. The Balaban J connectivity index is 1.66. The zero-order chi connectivity index (χ0) is 21.0. The maximum Gasteiger partial charge on any atom is 0.229 e. The van der Waals surface area contributed by atoms with Crippen molar-refractivity contribution >= 4 is 34.7 Å². The Hall–Kier alpha value is -3.15. The van der Waals surface area contributed by atoms with Crippen LogP contribution in [0.4, 0.5) is 17.1 Å². The van der Waals surface area contributed by atoms with Crippen LogP contribution in [0.5, 0.6) is 0 Å². The number of rotatable bonds is 7. The number of carbonyl (C=O) groups is 3. The second-order valence-electron chi connectivity index (χ2n) is 7.22. The van der Waals surface area contributed by atoms with Gasteiger partial charge in [0.05, 0.1) is 5.92 Å². The van der Waals surface area contributed by atoms with Crippen LogP contribution in [-0.4, -0.2) is 37.2 Å². The molecule has 6 heteroatoms. The predicted octanol–water partition coefficient (Wildman–Crippen LogP) is 3.73. The van der Waals surface area contributed by atoms with Crippen LogP contribution in [-0.2, 0) is 9.59 Å². The number of anilines is 3. The van der Waals surface area contributed by atoms with Crippen LogP contribution in [0.3, 0.4) is 0 Å². The molecule has 2 aromatic carbocycles. The topological polar surface area (TPSA) is 69.7 Å². The standard InChI is InChI=1S/C23H27N3O3/c1-4-25(5-2)20-11-9-19(10-12-20)24-23(29)18-14-22(28)26(15-18)21-8-6-7-17(13-21)16(3)27/h6-13,18H,4-5,14-15H2,1-3H3,(H,24,29). The number of nitrogens with zero attached hydrogens (tertiary/aromatic N) is 2. The highest BCUT2D eigenvalue weighted by Crippen LogP contribution is 2.27. The van der Waals surface area contributed by atoms with E-state index in [1.165, 1.54) is 6.92 Å². The molecule has 0 spiro atoms. The van der Waals surface area contributed by atoms with Crippen LogP contribution in [0.1, 0.15) is 37.6 Å². The van der Waals surface area contributed by atoms with Crippen molar-refractivity contribution in [1.29, 1.82) is 0 Å². The Kier molecular flexibility index (Phi) is 6.32. The van der Waals surface area contributed by atoms with Crippen molar-refractivity contribution in [1.82, 2.24) is 0 Å². The number of carbonyl (C=O) groups excluding carboxylic acids is 3. The quantitative estimate of drug-likeness (QED) is 0.728.